The Hall–Kier alpha value is -3.09. The van der Waals surface area contributed by atoms with E-state index >= 15 is 0 Å². The Morgan fingerprint density at radius 2 is 1.77 bits per heavy atom. The fourth-order valence-corrected chi connectivity index (χ4v) is 3.32. The first-order valence-electron chi connectivity index (χ1n) is 9.38. The molecule has 0 atom stereocenters. The van der Waals surface area contributed by atoms with Crippen LogP contribution in [-0.2, 0) is 6.42 Å². The van der Waals surface area contributed by atoms with Gasteiger partial charge in [0.15, 0.2) is 5.78 Å². The highest BCUT2D eigenvalue weighted by Crippen LogP contribution is 2.36. The lowest BCUT2D eigenvalue weighted by Crippen LogP contribution is -2.20. The number of alkyl halides is 2. The molecule has 1 aromatic heterocycles. The molecule has 7 heteroatoms. The predicted octanol–water partition coefficient (Wildman–Crippen LogP) is 5.81. The Morgan fingerprint density at radius 3 is 2.33 bits per heavy atom. The second kappa shape index (κ2) is 7.97. The van der Waals surface area contributed by atoms with E-state index in [2.05, 4.69) is 9.72 Å². The number of aromatic nitrogens is 1. The molecule has 3 rings (SSSR count). The van der Waals surface area contributed by atoms with E-state index in [9.17, 15) is 23.1 Å². The van der Waals surface area contributed by atoms with E-state index in [4.69, 9.17) is 0 Å². The summed E-state index contributed by atoms with van der Waals surface area (Å²) in [5, 5.41) is 10.3. The summed E-state index contributed by atoms with van der Waals surface area (Å²) in [6.45, 7) is 3.93. The van der Waals surface area contributed by atoms with Crippen LogP contribution in [0.1, 0.15) is 47.8 Å². The summed E-state index contributed by atoms with van der Waals surface area (Å²) in [5.41, 5.74) is 1.20. The zero-order valence-electron chi connectivity index (χ0n) is 17.1. The molecule has 158 valence electrons. The minimum absolute atomic E-state index is 0.0141. The molecule has 1 heterocycles. The van der Waals surface area contributed by atoms with E-state index in [1.807, 2.05) is 20.8 Å². The van der Waals surface area contributed by atoms with Crippen LogP contribution < -0.4 is 4.74 Å². The molecule has 0 aliphatic rings. The summed E-state index contributed by atoms with van der Waals surface area (Å²) in [6.07, 6.45) is 0.150. The van der Waals surface area contributed by atoms with Crippen molar-refractivity contribution in [1.82, 2.24) is 4.98 Å². The fourth-order valence-electron chi connectivity index (χ4n) is 3.32. The van der Waals surface area contributed by atoms with Gasteiger partial charge in [0.05, 0.1) is 0 Å². The van der Waals surface area contributed by atoms with E-state index in [1.54, 1.807) is 31.2 Å². The molecule has 0 amide bonds. The summed E-state index contributed by atoms with van der Waals surface area (Å²) in [7, 11) is 0. The number of nitrogens with zero attached hydrogens (tertiary/aromatic N) is 1. The van der Waals surface area contributed by atoms with Crippen molar-refractivity contribution in [3.05, 3.63) is 64.5 Å². The minimum Gasteiger partial charge on any atom is -0.507 e. The van der Waals surface area contributed by atoms with Crippen molar-refractivity contribution in [2.75, 3.05) is 0 Å². The third-order valence-electron chi connectivity index (χ3n) is 4.88. The third kappa shape index (κ3) is 4.25. The fraction of sp³-hybridized carbons (Fsp3) is 0.304. The molecule has 3 aromatic rings. The number of pyridine rings is 1. The number of benzene rings is 2. The number of rotatable bonds is 5. The molecule has 0 aliphatic carbocycles. The van der Waals surface area contributed by atoms with Crippen LogP contribution in [0.2, 0.25) is 0 Å². The second-order valence-corrected chi connectivity index (χ2v) is 8.14. The Morgan fingerprint density at radius 1 is 1.13 bits per heavy atom. The smallest absolute Gasteiger partial charge is 0.388 e. The number of phenolic OH excluding ortho intramolecular Hbond substituents is 1. The van der Waals surface area contributed by atoms with Crippen LogP contribution >= 0.6 is 0 Å². The number of carbonyl (C=O) groups is 1. The number of ketones is 1. The first-order valence-corrected chi connectivity index (χ1v) is 9.38. The van der Waals surface area contributed by atoms with Gasteiger partial charge in [-0.1, -0.05) is 45.0 Å². The number of aryl methyl sites for hydroxylation is 1. The van der Waals surface area contributed by atoms with Gasteiger partial charge in [-0.25, -0.2) is 9.37 Å². The SMILES string of the molecule is Cc1c(Cc2ccc(C(=O)C(C)(C)C)cc2)c(OC(F)F)nc2c(F)ccc(O)c12. The molecule has 0 bridgehead atoms. The molecular weight excluding hydrogens is 395 g/mol. The average Bonchev–Trinajstić information content (AvgIpc) is 2.66. The van der Waals surface area contributed by atoms with Crippen molar-refractivity contribution in [1.29, 1.82) is 0 Å². The molecular formula is C23H22F3NO3. The van der Waals surface area contributed by atoms with E-state index in [1.165, 1.54) is 6.07 Å². The van der Waals surface area contributed by atoms with Gasteiger partial charge >= 0.3 is 6.61 Å². The first kappa shape index (κ1) is 21.6. The number of Topliss-reactive ketones (excluding diaryl/α,β-unsaturated/α-hetero) is 1. The van der Waals surface area contributed by atoms with Crippen molar-refractivity contribution in [3.63, 3.8) is 0 Å². The molecule has 0 unspecified atom stereocenters. The van der Waals surface area contributed by atoms with E-state index in [0.717, 1.165) is 11.6 Å². The summed E-state index contributed by atoms with van der Waals surface area (Å²) >= 11 is 0. The van der Waals surface area contributed by atoms with Crippen molar-refractivity contribution in [2.24, 2.45) is 5.41 Å². The van der Waals surface area contributed by atoms with Crippen LogP contribution in [0.5, 0.6) is 11.6 Å². The monoisotopic (exact) mass is 417 g/mol. The zero-order valence-corrected chi connectivity index (χ0v) is 17.1. The maximum Gasteiger partial charge on any atom is 0.388 e. The highest BCUT2D eigenvalue weighted by molar-refractivity contribution is 5.99. The van der Waals surface area contributed by atoms with Crippen molar-refractivity contribution in [3.8, 4) is 11.6 Å². The molecule has 30 heavy (non-hydrogen) atoms. The van der Waals surface area contributed by atoms with Gasteiger partial charge in [-0.15, -0.1) is 0 Å². The molecule has 0 radical (unpaired) electrons. The standard InChI is InChI=1S/C23H22F3NO3/c1-12-15(11-13-5-7-14(8-6-13)20(29)23(2,3)4)21(30-22(25)26)27-19-16(24)9-10-17(28)18(12)19/h5-10,22,28H,11H2,1-4H3. The predicted molar refractivity (Wildman–Crippen MR) is 108 cm³/mol. The first-order chi connectivity index (χ1) is 14.0. The van der Waals surface area contributed by atoms with Crippen LogP contribution in [0.3, 0.4) is 0 Å². The molecule has 0 saturated heterocycles. The molecule has 0 fully saturated rings. The number of hydrogen-bond acceptors (Lipinski definition) is 4. The molecule has 2 aromatic carbocycles. The van der Waals surface area contributed by atoms with E-state index in [0.29, 0.717) is 16.7 Å². The number of fused-ring (bicyclic) bond motifs is 1. The number of ether oxygens (including phenoxy) is 1. The van der Waals surface area contributed by atoms with Gasteiger partial charge in [-0.3, -0.25) is 4.79 Å². The van der Waals surface area contributed by atoms with Gasteiger partial charge in [0.25, 0.3) is 0 Å². The maximum atomic E-state index is 14.2. The van der Waals surface area contributed by atoms with Gasteiger partial charge in [0.2, 0.25) is 5.88 Å². The Labute approximate surface area is 172 Å². The van der Waals surface area contributed by atoms with Crippen molar-refractivity contribution < 1.29 is 27.8 Å². The highest BCUT2D eigenvalue weighted by atomic mass is 19.3. The van der Waals surface area contributed by atoms with Crippen LogP contribution in [0.15, 0.2) is 36.4 Å². The lowest BCUT2D eigenvalue weighted by Gasteiger charge is -2.18. The summed E-state index contributed by atoms with van der Waals surface area (Å²) in [5.74, 6) is -1.36. The average molecular weight is 417 g/mol. The van der Waals surface area contributed by atoms with Crippen molar-refractivity contribution in [2.45, 2.75) is 40.7 Å². The second-order valence-electron chi connectivity index (χ2n) is 8.14. The summed E-state index contributed by atoms with van der Waals surface area (Å²) in [4.78, 5) is 16.3. The van der Waals surface area contributed by atoms with Gasteiger partial charge < -0.3 is 9.84 Å². The lowest BCUT2D eigenvalue weighted by molar-refractivity contribution is -0.0532. The Bertz CT molecular complexity index is 1100. The largest absolute Gasteiger partial charge is 0.507 e. The van der Waals surface area contributed by atoms with E-state index in [-0.39, 0.29) is 28.9 Å². The number of phenols is 1. The van der Waals surface area contributed by atoms with Crippen LogP contribution in [0.25, 0.3) is 10.9 Å². The van der Waals surface area contributed by atoms with Crippen LogP contribution in [0.4, 0.5) is 13.2 Å². The third-order valence-corrected chi connectivity index (χ3v) is 4.88. The summed E-state index contributed by atoms with van der Waals surface area (Å²) < 4.78 is 44.7. The van der Waals surface area contributed by atoms with Gasteiger partial charge in [-0.05, 0) is 30.2 Å². The number of hydrogen-bond donors (Lipinski definition) is 1. The summed E-state index contributed by atoms with van der Waals surface area (Å²) in [6, 6.07) is 9.01. The Kier molecular flexibility index (Phi) is 5.74. The van der Waals surface area contributed by atoms with Gasteiger partial charge in [0, 0.05) is 28.3 Å². The van der Waals surface area contributed by atoms with Gasteiger partial charge in [0.1, 0.15) is 17.1 Å². The molecule has 0 saturated carbocycles. The van der Waals surface area contributed by atoms with Crippen molar-refractivity contribution >= 4 is 16.7 Å². The van der Waals surface area contributed by atoms with Crippen LogP contribution in [-0.4, -0.2) is 22.5 Å². The lowest BCUT2D eigenvalue weighted by atomic mass is 9.86. The molecule has 4 nitrogen and oxygen atoms in total. The number of halogens is 3. The molecule has 0 spiro atoms. The topological polar surface area (TPSA) is 59.4 Å². The van der Waals surface area contributed by atoms with Gasteiger partial charge in [-0.2, -0.15) is 8.78 Å². The minimum atomic E-state index is -3.14. The molecule has 1 N–H and O–H groups in total. The Balaban J connectivity index is 2.07. The van der Waals surface area contributed by atoms with Crippen LogP contribution in [0, 0.1) is 18.2 Å². The quantitative estimate of drug-likeness (QED) is 0.533. The number of carbonyl (C=O) groups excluding carboxylic acids is 1. The maximum absolute atomic E-state index is 14.2. The number of aromatic hydroxyl groups is 1. The van der Waals surface area contributed by atoms with E-state index < -0.39 is 23.7 Å². The molecule has 0 aliphatic heterocycles. The normalized spacial score (nSPS) is 11.9. The zero-order chi connectivity index (χ0) is 22.2. The highest BCUT2D eigenvalue weighted by Gasteiger charge is 2.23.